The Bertz CT molecular complexity index is 375. The predicted molar refractivity (Wildman–Crippen MR) is 73.6 cm³/mol. The molecule has 1 fully saturated rings. The monoisotopic (exact) mass is 275 g/mol. The van der Waals surface area contributed by atoms with Crippen LogP contribution < -0.4 is 5.73 Å². The van der Waals surface area contributed by atoms with Crippen molar-refractivity contribution >= 4 is 35.0 Å². The van der Waals surface area contributed by atoms with Gasteiger partial charge in [-0.2, -0.15) is 11.8 Å². The SMILES string of the molecule is NCC1(Cc2cc(Cl)ccc2Cl)CCCS1. The number of hydrogen-bond acceptors (Lipinski definition) is 2. The molecule has 0 amide bonds. The Balaban J connectivity index is 2.21. The first-order valence-electron chi connectivity index (χ1n) is 5.43. The third kappa shape index (κ3) is 2.67. The van der Waals surface area contributed by atoms with Crippen molar-refractivity contribution in [2.24, 2.45) is 5.73 Å². The third-order valence-electron chi connectivity index (χ3n) is 3.08. The largest absolute Gasteiger partial charge is 0.329 e. The van der Waals surface area contributed by atoms with Gasteiger partial charge in [-0.3, -0.25) is 0 Å². The maximum atomic E-state index is 6.18. The minimum Gasteiger partial charge on any atom is -0.329 e. The van der Waals surface area contributed by atoms with Crippen LogP contribution >= 0.6 is 35.0 Å². The van der Waals surface area contributed by atoms with Crippen molar-refractivity contribution in [3.63, 3.8) is 0 Å². The van der Waals surface area contributed by atoms with Crippen molar-refractivity contribution in [2.45, 2.75) is 24.0 Å². The molecule has 0 saturated carbocycles. The fourth-order valence-corrected chi connectivity index (χ4v) is 3.92. The van der Waals surface area contributed by atoms with Gasteiger partial charge in [-0.05, 0) is 48.8 Å². The van der Waals surface area contributed by atoms with Gasteiger partial charge in [0, 0.05) is 21.3 Å². The van der Waals surface area contributed by atoms with Gasteiger partial charge in [0.05, 0.1) is 0 Å². The first kappa shape index (κ1) is 12.6. The molecule has 0 radical (unpaired) electrons. The minimum atomic E-state index is 0.175. The van der Waals surface area contributed by atoms with Crippen LogP contribution in [-0.4, -0.2) is 17.0 Å². The molecular formula is C12H15Cl2NS. The number of nitrogens with two attached hydrogens (primary N) is 1. The second kappa shape index (κ2) is 5.18. The van der Waals surface area contributed by atoms with Crippen LogP contribution in [0.2, 0.25) is 10.0 Å². The van der Waals surface area contributed by atoms with Gasteiger partial charge in [0.2, 0.25) is 0 Å². The van der Waals surface area contributed by atoms with E-state index in [2.05, 4.69) is 0 Å². The van der Waals surface area contributed by atoms with E-state index in [-0.39, 0.29) is 4.75 Å². The lowest BCUT2D eigenvalue weighted by Crippen LogP contribution is -2.34. The van der Waals surface area contributed by atoms with Gasteiger partial charge in [0.15, 0.2) is 0 Å². The summed E-state index contributed by atoms with van der Waals surface area (Å²) in [5, 5.41) is 1.54. The number of thioether (sulfide) groups is 1. The van der Waals surface area contributed by atoms with Crippen LogP contribution in [-0.2, 0) is 6.42 Å². The van der Waals surface area contributed by atoms with Gasteiger partial charge >= 0.3 is 0 Å². The van der Waals surface area contributed by atoms with Crippen LogP contribution in [0.1, 0.15) is 18.4 Å². The molecule has 0 bridgehead atoms. The molecule has 16 heavy (non-hydrogen) atoms. The highest BCUT2D eigenvalue weighted by Crippen LogP contribution is 2.41. The Labute approximate surface area is 111 Å². The van der Waals surface area contributed by atoms with Crippen LogP contribution in [0.15, 0.2) is 18.2 Å². The molecule has 88 valence electrons. The molecule has 0 spiro atoms. The zero-order valence-corrected chi connectivity index (χ0v) is 11.3. The molecule has 2 N–H and O–H groups in total. The Hall–Kier alpha value is 0.110. The van der Waals surface area contributed by atoms with E-state index in [0.717, 1.165) is 22.0 Å². The standard InChI is InChI=1S/C12H15Cl2NS/c13-10-2-3-11(14)9(6-10)7-12(8-15)4-1-5-16-12/h2-3,6H,1,4-5,7-8,15H2. The van der Waals surface area contributed by atoms with E-state index in [1.54, 1.807) is 0 Å². The summed E-state index contributed by atoms with van der Waals surface area (Å²) in [4.78, 5) is 0. The molecule has 1 aromatic carbocycles. The highest BCUT2D eigenvalue weighted by atomic mass is 35.5. The molecule has 0 aromatic heterocycles. The normalized spacial score (nSPS) is 24.9. The zero-order valence-electron chi connectivity index (χ0n) is 9.01. The molecule has 0 aliphatic carbocycles. The van der Waals surface area contributed by atoms with Crippen molar-refractivity contribution in [2.75, 3.05) is 12.3 Å². The Morgan fingerprint density at radius 1 is 1.38 bits per heavy atom. The van der Waals surface area contributed by atoms with E-state index < -0.39 is 0 Å². The van der Waals surface area contributed by atoms with Crippen LogP contribution in [0.3, 0.4) is 0 Å². The fourth-order valence-electron chi connectivity index (χ4n) is 2.15. The lowest BCUT2D eigenvalue weighted by Gasteiger charge is -2.26. The smallest absolute Gasteiger partial charge is 0.0439 e. The zero-order chi connectivity index (χ0) is 11.6. The average molecular weight is 276 g/mol. The highest BCUT2D eigenvalue weighted by Gasteiger charge is 2.33. The fraction of sp³-hybridized carbons (Fsp3) is 0.500. The quantitative estimate of drug-likeness (QED) is 0.909. The summed E-state index contributed by atoms with van der Waals surface area (Å²) in [5.74, 6) is 1.20. The van der Waals surface area contributed by atoms with E-state index >= 15 is 0 Å². The van der Waals surface area contributed by atoms with Gasteiger partial charge in [-0.15, -0.1) is 0 Å². The maximum absolute atomic E-state index is 6.18. The first-order valence-corrected chi connectivity index (χ1v) is 7.17. The predicted octanol–water partition coefficient (Wildman–Crippen LogP) is 3.76. The lowest BCUT2D eigenvalue weighted by atomic mass is 9.94. The van der Waals surface area contributed by atoms with Crippen molar-refractivity contribution < 1.29 is 0 Å². The van der Waals surface area contributed by atoms with Crippen molar-refractivity contribution in [1.82, 2.24) is 0 Å². The summed E-state index contributed by atoms with van der Waals surface area (Å²) >= 11 is 14.2. The van der Waals surface area contributed by atoms with Crippen LogP contribution in [0.4, 0.5) is 0 Å². The summed E-state index contributed by atoms with van der Waals surface area (Å²) in [7, 11) is 0. The van der Waals surface area contributed by atoms with Gasteiger partial charge in [-0.1, -0.05) is 23.2 Å². The molecule has 1 aromatic rings. The molecule has 1 saturated heterocycles. The molecule has 1 unspecified atom stereocenters. The Morgan fingerprint density at radius 3 is 2.81 bits per heavy atom. The molecule has 4 heteroatoms. The summed E-state index contributed by atoms with van der Waals surface area (Å²) in [5.41, 5.74) is 7.03. The van der Waals surface area contributed by atoms with Crippen molar-refractivity contribution in [3.8, 4) is 0 Å². The topological polar surface area (TPSA) is 26.0 Å². The van der Waals surface area contributed by atoms with Gasteiger partial charge < -0.3 is 5.73 Å². The van der Waals surface area contributed by atoms with Crippen molar-refractivity contribution in [1.29, 1.82) is 0 Å². The summed E-state index contributed by atoms with van der Waals surface area (Å²) < 4.78 is 0.175. The van der Waals surface area contributed by atoms with E-state index in [9.17, 15) is 0 Å². The highest BCUT2D eigenvalue weighted by molar-refractivity contribution is 8.00. The second-order valence-electron chi connectivity index (χ2n) is 4.25. The lowest BCUT2D eigenvalue weighted by molar-refractivity contribution is 0.565. The second-order valence-corrected chi connectivity index (χ2v) is 6.66. The van der Waals surface area contributed by atoms with Crippen molar-refractivity contribution in [3.05, 3.63) is 33.8 Å². The van der Waals surface area contributed by atoms with Gasteiger partial charge in [-0.25, -0.2) is 0 Å². The van der Waals surface area contributed by atoms with E-state index in [0.29, 0.717) is 6.54 Å². The third-order valence-corrected chi connectivity index (χ3v) is 5.30. The molecular weight excluding hydrogens is 261 g/mol. The van der Waals surface area contributed by atoms with Gasteiger partial charge in [0.1, 0.15) is 0 Å². The maximum Gasteiger partial charge on any atom is 0.0439 e. The molecule has 2 rings (SSSR count). The summed E-state index contributed by atoms with van der Waals surface area (Å²) in [6.45, 7) is 0.709. The van der Waals surface area contributed by atoms with E-state index in [4.69, 9.17) is 28.9 Å². The van der Waals surface area contributed by atoms with E-state index in [1.165, 1.54) is 18.6 Å². The molecule has 1 aliphatic heterocycles. The number of benzene rings is 1. The van der Waals surface area contributed by atoms with Gasteiger partial charge in [0.25, 0.3) is 0 Å². The minimum absolute atomic E-state index is 0.175. The number of halogens is 2. The Morgan fingerprint density at radius 2 is 2.19 bits per heavy atom. The molecule has 1 nitrogen and oxygen atoms in total. The molecule has 1 aliphatic rings. The van der Waals surface area contributed by atoms with Crippen LogP contribution in [0.25, 0.3) is 0 Å². The van der Waals surface area contributed by atoms with E-state index in [1.807, 2.05) is 30.0 Å². The molecule has 1 atom stereocenters. The van der Waals surface area contributed by atoms with Crippen LogP contribution in [0, 0.1) is 0 Å². The molecule has 1 heterocycles. The number of rotatable bonds is 3. The van der Waals surface area contributed by atoms with Crippen LogP contribution in [0.5, 0.6) is 0 Å². The summed E-state index contributed by atoms with van der Waals surface area (Å²) in [6, 6.07) is 5.65. The Kier molecular flexibility index (Phi) is 4.06. The first-order chi connectivity index (χ1) is 7.65. The number of hydrogen-bond donors (Lipinski definition) is 1. The summed E-state index contributed by atoms with van der Waals surface area (Å²) in [6.07, 6.45) is 3.35. The average Bonchev–Trinajstić information content (AvgIpc) is 2.73.